The number of ether oxygens (including phenoxy) is 2. The summed E-state index contributed by atoms with van der Waals surface area (Å²) in [4.78, 5) is 15.8. The van der Waals surface area contributed by atoms with Crippen LogP contribution in [0.1, 0.15) is 36.8 Å². The molecule has 7 heteroatoms. The monoisotopic (exact) mass is 438 g/mol. The molecule has 5 rings (SSSR count). The fourth-order valence-corrected chi connectivity index (χ4v) is 5.44. The van der Waals surface area contributed by atoms with E-state index in [0.29, 0.717) is 31.2 Å². The Morgan fingerprint density at radius 2 is 1.78 bits per heavy atom. The second-order valence-electron chi connectivity index (χ2n) is 9.15. The van der Waals surface area contributed by atoms with Gasteiger partial charge in [-0.25, -0.2) is 4.79 Å². The second kappa shape index (κ2) is 8.64. The van der Waals surface area contributed by atoms with Crippen molar-refractivity contribution in [3.8, 4) is 11.5 Å². The van der Waals surface area contributed by atoms with Crippen LogP contribution in [0, 0.1) is 0 Å². The van der Waals surface area contributed by atoms with Gasteiger partial charge in [-0.05, 0) is 55.4 Å². The van der Waals surface area contributed by atoms with Gasteiger partial charge in [0.25, 0.3) is 0 Å². The number of nitrogens with zero attached hydrogens (tertiary/aromatic N) is 2. The predicted octanol–water partition coefficient (Wildman–Crippen LogP) is 3.45. The van der Waals surface area contributed by atoms with Gasteiger partial charge in [0.15, 0.2) is 11.5 Å². The maximum absolute atomic E-state index is 11.8. The zero-order valence-electron chi connectivity index (χ0n) is 18.2. The summed E-state index contributed by atoms with van der Waals surface area (Å²) >= 11 is 0. The minimum absolute atomic E-state index is 0.0571. The van der Waals surface area contributed by atoms with Gasteiger partial charge in [0.1, 0.15) is 0 Å². The largest absolute Gasteiger partial charge is 0.465 e. The minimum Gasteiger partial charge on any atom is -0.465 e. The summed E-state index contributed by atoms with van der Waals surface area (Å²) in [5.74, 6) is 1.43. The third-order valence-corrected chi connectivity index (χ3v) is 7.28. The molecule has 1 aliphatic carbocycles. The van der Waals surface area contributed by atoms with Crippen LogP contribution in [0.4, 0.5) is 4.79 Å². The lowest BCUT2D eigenvalue weighted by molar-refractivity contribution is -0.0363. The predicted molar refractivity (Wildman–Crippen MR) is 119 cm³/mol. The minimum atomic E-state index is -0.857. The average molecular weight is 439 g/mol. The number of benzene rings is 2. The summed E-state index contributed by atoms with van der Waals surface area (Å²) in [6, 6.07) is 16.1. The number of carboxylic acid groups (broad SMARTS) is 1. The highest BCUT2D eigenvalue weighted by Gasteiger charge is 2.40. The second-order valence-corrected chi connectivity index (χ2v) is 9.15. The van der Waals surface area contributed by atoms with Crippen molar-refractivity contribution in [3.63, 3.8) is 0 Å². The lowest BCUT2D eigenvalue weighted by atomic mass is 9.77. The maximum atomic E-state index is 11.8. The zero-order chi connectivity index (χ0) is 22.1. The Morgan fingerprint density at radius 1 is 1.03 bits per heavy atom. The van der Waals surface area contributed by atoms with Crippen LogP contribution in [0.15, 0.2) is 48.5 Å². The van der Waals surface area contributed by atoms with Crippen molar-refractivity contribution in [3.05, 3.63) is 59.7 Å². The number of fused-ring (bicyclic) bond motifs is 1. The molecule has 7 nitrogen and oxygen atoms in total. The van der Waals surface area contributed by atoms with E-state index in [2.05, 4.69) is 17.0 Å². The summed E-state index contributed by atoms with van der Waals surface area (Å²) in [5, 5.41) is 21.1. The lowest BCUT2D eigenvalue weighted by Gasteiger charge is -2.46. The Morgan fingerprint density at radius 3 is 2.53 bits per heavy atom. The van der Waals surface area contributed by atoms with Gasteiger partial charge in [-0.3, -0.25) is 4.90 Å². The van der Waals surface area contributed by atoms with Gasteiger partial charge in [-0.15, -0.1) is 0 Å². The van der Waals surface area contributed by atoms with Gasteiger partial charge in [0.2, 0.25) is 6.79 Å². The Balaban J connectivity index is 1.24. The first kappa shape index (κ1) is 21.1. The van der Waals surface area contributed by atoms with Crippen LogP contribution in [0.25, 0.3) is 0 Å². The van der Waals surface area contributed by atoms with Crippen LogP contribution < -0.4 is 9.47 Å². The number of aliphatic hydroxyl groups is 1. The molecule has 1 saturated heterocycles. The third kappa shape index (κ3) is 4.14. The van der Waals surface area contributed by atoms with Gasteiger partial charge in [-0.1, -0.05) is 36.4 Å². The van der Waals surface area contributed by atoms with Gasteiger partial charge in [0, 0.05) is 25.7 Å². The van der Waals surface area contributed by atoms with Crippen LogP contribution in [0.5, 0.6) is 11.5 Å². The Bertz CT molecular complexity index is 958. The van der Waals surface area contributed by atoms with Crippen molar-refractivity contribution in [2.75, 3.05) is 26.4 Å². The standard InChI is InChI=1S/C25H30N2O5/c28-24(29)27-13-12-26(16-21(27)14-18-4-2-1-3-5-18)20-8-10-25(30,11-9-20)19-6-7-22-23(15-19)32-17-31-22/h1-7,15,20-21,30H,8-14,16-17H2,(H,28,29). The van der Waals surface area contributed by atoms with Gasteiger partial charge in [0.05, 0.1) is 11.6 Å². The quantitative estimate of drug-likeness (QED) is 0.761. The molecule has 2 heterocycles. The molecule has 2 fully saturated rings. The number of carbonyl (C=O) groups is 1. The summed E-state index contributed by atoms with van der Waals surface area (Å²) in [7, 11) is 0. The van der Waals surface area contributed by atoms with Crippen molar-refractivity contribution < 1.29 is 24.5 Å². The molecule has 2 aromatic carbocycles. The van der Waals surface area contributed by atoms with Crippen LogP contribution >= 0.6 is 0 Å². The molecule has 1 atom stereocenters. The van der Waals surface area contributed by atoms with Crippen molar-refractivity contribution in [1.82, 2.24) is 9.80 Å². The molecular weight excluding hydrogens is 408 g/mol. The molecule has 0 aromatic heterocycles. The Labute approximate surface area is 188 Å². The first-order chi connectivity index (χ1) is 15.5. The van der Waals surface area contributed by atoms with Crippen LogP contribution in [-0.4, -0.2) is 64.6 Å². The number of hydrogen-bond acceptors (Lipinski definition) is 5. The van der Waals surface area contributed by atoms with E-state index in [1.54, 1.807) is 4.90 Å². The van der Waals surface area contributed by atoms with Crippen LogP contribution in [0.2, 0.25) is 0 Å². The van der Waals surface area contributed by atoms with Crippen molar-refractivity contribution in [1.29, 1.82) is 0 Å². The first-order valence-corrected chi connectivity index (χ1v) is 11.4. The van der Waals surface area contributed by atoms with Crippen molar-refractivity contribution in [2.45, 2.75) is 49.8 Å². The highest BCUT2D eigenvalue weighted by molar-refractivity contribution is 5.65. The highest BCUT2D eigenvalue weighted by Crippen LogP contribution is 2.42. The number of piperazine rings is 1. The molecule has 1 amide bonds. The summed E-state index contributed by atoms with van der Waals surface area (Å²) in [6.07, 6.45) is 3.01. The molecule has 32 heavy (non-hydrogen) atoms. The Hall–Kier alpha value is -2.77. The van der Waals surface area contributed by atoms with Crippen LogP contribution in [0.3, 0.4) is 0 Å². The molecule has 2 aromatic rings. The molecule has 0 spiro atoms. The van der Waals surface area contributed by atoms with E-state index in [-0.39, 0.29) is 12.8 Å². The summed E-state index contributed by atoms with van der Waals surface area (Å²) in [6.45, 7) is 2.22. The Kier molecular flexibility index (Phi) is 5.69. The van der Waals surface area contributed by atoms with E-state index in [0.717, 1.165) is 49.2 Å². The molecule has 2 aliphatic heterocycles. The van der Waals surface area contributed by atoms with Gasteiger partial charge in [-0.2, -0.15) is 0 Å². The van der Waals surface area contributed by atoms with E-state index in [9.17, 15) is 15.0 Å². The van der Waals surface area contributed by atoms with Crippen molar-refractivity contribution >= 4 is 6.09 Å². The van der Waals surface area contributed by atoms with E-state index in [1.807, 2.05) is 36.4 Å². The number of hydrogen-bond donors (Lipinski definition) is 2. The van der Waals surface area contributed by atoms with E-state index in [1.165, 1.54) is 0 Å². The van der Waals surface area contributed by atoms with E-state index < -0.39 is 11.7 Å². The van der Waals surface area contributed by atoms with Gasteiger partial charge < -0.3 is 24.6 Å². The highest BCUT2D eigenvalue weighted by atomic mass is 16.7. The number of rotatable bonds is 4. The first-order valence-electron chi connectivity index (χ1n) is 11.4. The lowest BCUT2D eigenvalue weighted by Crippen LogP contribution is -2.58. The SMILES string of the molecule is O=C(O)N1CCN(C2CCC(O)(c3ccc4c(c3)OCO4)CC2)CC1Cc1ccccc1. The number of amides is 1. The van der Waals surface area contributed by atoms with Crippen molar-refractivity contribution in [2.24, 2.45) is 0 Å². The topological polar surface area (TPSA) is 82.5 Å². The fourth-order valence-electron chi connectivity index (χ4n) is 5.44. The average Bonchev–Trinajstić information content (AvgIpc) is 3.28. The zero-order valence-corrected chi connectivity index (χ0v) is 18.2. The summed E-state index contributed by atoms with van der Waals surface area (Å²) < 4.78 is 10.9. The molecule has 0 radical (unpaired) electrons. The van der Waals surface area contributed by atoms with Gasteiger partial charge >= 0.3 is 6.09 Å². The molecule has 170 valence electrons. The van der Waals surface area contributed by atoms with E-state index >= 15 is 0 Å². The summed E-state index contributed by atoms with van der Waals surface area (Å²) in [5.41, 5.74) is 1.19. The smallest absolute Gasteiger partial charge is 0.407 e. The van der Waals surface area contributed by atoms with E-state index in [4.69, 9.17) is 9.47 Å². The molecule has 3 aliphatic rings. The molecule has 1 unspecified atom stereocenters. The molecule has 2 N–H and O–H groups in total. The normalized spacial score (nSPS) is 28.0. The molecule has 0 bridgehead atoms. The third-order valence-electron chi connectivity index (χ3n) is 7.28. The molecule has 1 saturated carbocycles. The van der Waals surface area contributed by atoms with Crippen LogP contribution in [-0.2, 0) is 12.0 Å². The fraction of sp³-hybridized carbons (Fsp3) is 0.480. The molecular formula is C25H30N2O5. The maximum Gasteiger partial charge on any atom is 0.407 e.